The Hall–Kier alpha value is -2.54. The van der Waals surface area contributed by atoms with Crippen LogP contribution in [0.25, 0.3) is 10.1 Å². The zero-order valence-electron chi connectivity index (χ0n) is 29.0. The molecule has 48 heavy (non-hydrogen) atoms. The number of rotatable bonds is 4. The molecular formula is C34H54FN4O7PS. The molecule has 3 unspecified atom stereocenters. The SMILES string of the molecule is C=O.CC.CC1CCCC(=O)N2CCCC2C1.CN1CC(C(=O)N2CCOCC2)C1.CNC(=O)c1cc2cc(C(F)P(O)O)ccc2s1. The van der Waals surface area contributed by atoms with Crippen LogP contribution in [0.4, 0.5) is 4.39 Å². The Morgan fingerprint density at radius 3 is 2.35 bits per heavy atom. The molecule has 3 N–H and O–H groups in total. The number of thiophene rings is 1. The number of likely N-dealkylation sites (tertiary alicyclic amines) is 1. The summed E-state index contributed by atoms with van der Waals surface area (Å²) in [5, 5.41) is 3.24. The number of alkyl halides is 1. The van der Waals surface area contributed by atoms with Gasteiger partial charge in [-0.15, -0.1) is 11.3 Å². The van der Waals surface area contributed by atoms with Crippen molar-refractivity contribution in [1.82, 2.24) is 20.0 Å². The summed E-state index contributed by atoms with van der Waals surface area (Å²) in [6, 6.07) is 6.95. The summed E-state index contributed by atoms with van der Waals surface area (Å²) in [6.07, 6.45) is 6.85. The Morgan fingerprint density at radius 2 is 1.75 bits per heavy atom. The van der Waals surface area contributed by atoms with Crippen molar-refractivity contribution in [1.29, 1.82) is 0 Å². The van der Waals surface area contributed by atoms with Crippen LogP contribution in [0.2, 0.25) is 0 Å². The number of morpholine rings is 1. The zero-order valence-corrected chi connectivity index (χ0v) is 30.7. The van der Waals surface area contributed by atoms with Gasteiger partial charge in [-0.3, -0.25) is 14.4 Å². The van der Waals surface area contributed by atoms with Crippen molar-refractivity contribution in [3.8, 4) is 0 Å². The number of carbonyl (C=O) groups excluding carboxylic acids is 4. The summed E-state index contributed by atoms with van der Waals surface area (Å²) < 4.78 is 19.5. The Bertz CT molecular complexity index is 1290. The number of hydrogen-bond acceptors (Lipinski definition) is 9. The molecule has 0 aliphatic carbocycles. The smallest absolute Gasteiger partial charge is 0.261 e. The maximum atomic E-state index is 13.5. The predicted molar refractivity (Wildman–Crippen MR) is 190 cm³/mol. The lowest BCUT2D eigenvalue weighted by atomic mass is 9.93. The topological polar surface area (TPSA) is 140 Å². The molecule has 4 aliphatic heterocycles. The van der Waals surface area contributed by atoms with E-state index in [0.29, 0.717) is 35.9 Å². The van der Waals surface area contributed by atoms with Gasteiger partial charge in [-0.25, -0.2) is 4.39 Å². The minimum atomic E-state index is -2.64. The molecule has 4 saturated heterocycles. The fourth-order valence-corrected chi connectivity index (χ4v) is 7.63. The molecule has 5 heterocycles. The van der Waals surface area contributed by atoms with Gasteiger partial charge in [-0.2, -0.15) is 0 Å². The van der Waals surface area contributed by atoms with Gasteiger partial charge in [0.15, 0.2) is 5.91 Å². The lowest BCUT2D eigenvalue weighted by Gasteiger charge is -2.39. The van der Waals surface area contributed by atoms with Gasteiger partial charge in [-0.1, -0.05) is 33.3 Å². The van der Waals surface area contributed by atoms with E-state index in [-0.39, 0.29) is 17.4 Å². The van der Waals surface area contributed by atoms with Crippen LogP contribution in [0.3, 0.4) is 0 Å². The molecule has 14 heteroatoms. The van der Waals surface area contributed by atoms with E-state index in [0.717, 1.165) is 61.6 Å². The molecule has 0 bridgehead atoms. The second kappa shape index (κ2) is 21.5. The van der Waals surface area contributed by atoms with Gasteiger partial charge in [0.25, 0.3) is 5.91 Å². The third-order valence-corrected chi connectivity index (χ3v) is 10.5. The van der Waals surface area contributed by atoms with Crippen molar-refractivity contribution < 1.29 is 38.1 Å². The van der Waals surface area contributed by atoms with Crippen LogP contribution in [-0.2, 0) is 19.1 Å². The number of ether oxygens (including phenoxy) is 1. The van der Waals surface area contributed by atoms with Gasteiger partial charge in [0, 0.05) is 56.9 Å². The van der Waals surface area contributed by atoms with Gasteiger partial charge in [0.05, 0.1) is 24.0 Å². The second-order valence-electron chi connectivity index (χ2n) is 12.1. The van der Waals surface area contributed by atoms with E-state index in [2.05, 4.69) is 22.0 Å². The van der Waals surface area contributed by atoms with Crippen molar-refractivity contribution in [2.45, 2.75) is 71.3 Å². The quantitative estimate of drug-likeness (QED) is 0.378. The van der Waals surface area contributed by atoms with E-state index in [1.807, 2.05) is 32.6 Å². The standard InChI is InChI=1S/C11H11FNO3PS.C11H19NO.C9H16N2O2.C2H6.CH2O/c1-13-11(14)9-5-7-4-6(10(12)17(15)16)2-3-8(7)18-9;1-9-4-2-6-11(13)12-7-3-5-10(12)8-9;1-10-6-8(7-10)9(12)11-2-4-13-5-3-11;2*1-2/h2-5,10,15-16H,1H3,(H,13,14);9-10H,2-8H2,1H3;8H,2-7H2,1H3;1-2H3;1H2. The fraction of sp³-hybridized carbons (Fsp3) is 0.647. The number of halogens is 1. The highest BCUT2D eigenvalue weighted by molar-refractivity contribution is 7.45. The first kappa shape index (κ1) is 41.6. The Balaban J connectivity index is 0.000000241. The molecule has 6 rings (SSSR count). The maximum absolute atomic E-state index is 13.5. The van der Waals surface area contributed by atoms with Gasteiger partial charge in [0.1, 0.15) is 6.79 Å². The highest BCUT2D eigenvalue weighted by atomic mass is 32.1. The van der Waals surface area contributed by atoms with Gasteiger partial charge in [0.2, 0.25) is 20.2 Å². The van der Waals surface area contributed by atoms with Crippen LogP contribution in [0.15, 0.2) is 24.3 Å². The van der Waals surface area contributed by atoms with E-state index >= 15 is 0 Å². The van der Waals surface area contributed by atoms with Crippen LogP contribution in [0, 0.1) is 11.8 Å². The van der Waals surface area contributed by atoms with Crippen molar-refractivity contribution in [3.63, 3.8) is 0 Å². The maximum Gasteiger partial charge on any atom is 0.261 e. The monoisotopic (exact) mass is 712 g/mol. The Morgan fingerprint density at radius 1 is 1.08 bits per heavy atom. The summed E-state index contributed by atoms with van der Waals surface area (Å²) in [5.74, 6) is -0.175. The summed E-state index contributed by atoms with van der Waals surface area (Å²) in [7, 11) is 0.942. The predicted octanol–water partition coefficient (Wildman–Crippen LogP) is 4.96. The van der Waals surface area contributed by atoms with Crippen molar-refractivity contribution in [2.24, 2.45) is 11.8 Å². The Kier molecular flexibility index (Phi) is 18.7. The normalized spacial score (nSPS) is 21.6. The van der Waals surface area contributed by atoms with Gasteiger partial charge in [-0.05, 0) is 67.8 Å². The first-order chi connectivity index (χ1) is 23.1. The highest BCUT2D eigenvalue weighted by Crippen LogP contribution is 2.45. The molecule has 0 radical (unpaired) electrons. The summed E-state index contributed by atoms with van der Waals surface area (Å²) >= 11 is 1.30. The molecule has 1 aromatic heterocycles. The number of hydrogen-bond donors (Lipinski definition) is 3. The van der Waals surface area contributed by atoms with Crippen molar-refractivity contribution in [3.05, 3.63) is 34.7 Å². The lowest BCUT2D eigenvalue weighted by molar-refractivity contribution is -0.144. The molecule has 3 atom stereocenters. The third-order valence-electron chi connectivity index (χ3n) is 8.66. The van der Waals surface area contributed by atoms with E-state index in [1.165, 1.54) is 49.2 Å². The summed E-state index contributed by atoms with van der Waals surface area (Å²) in [4.78, 5) is 67.4. The zero-order chi connectivity index (χ0) is 35.8. The molecule has 4 fully saturated rings. The van der Waals surface area contributed by atoms with Crippen LogP contribution >= 0.6 is 19.7 Å². The van der Waals surface area contributed by atoms with Crippen molar-refractivity contribution >= 4 is 54.3 Å². The first-order valence-electron chi connectivity index (χ1n) is 16.8. The summed E-state index contributed by atoms with van der Waals surface area (Å²) in [6.45, 7) is 14.2. The number of fused-ring (bicyclic) bond motifs is 2. The highest BCUT2D eigenvalue weighted by Gasteiger charge is 2.34. The van der Waals surface area contributed by atoms with Crippen LogP contribution in [-0.4, -0.2) is 115 Å². The van der Waals surface area contributed by atoms with Crippen LogP contribution in [0.1, 0.15) is 80.4 Å². The average molecular weight is 713 g/mol. The van der Waals surface area contributed by atoms with Gasteiger partial charge < -0.3 is 39.3 Å². The fourth-order valence-electron chi connectivity index (χ4n) is 6.21. The van der Waals surface area contributed by atoms with Gasteiger partial charge >= 0.3 is 0 Å². The molecule has 270 valence electrons. The van der Waals surface area contributed by atoms with Crippen molar-refractivity contribution in [2.75, 3.05) is 60.0 Å². The third kappa shape index (κ3) is 12.1. The molecule has 0 spiro atoms. The summed E-state index contributed by atoms with van der Waals surface area (Å²) in [5.41, 5.74) is 0.208. The average Bonchev–Trinajstić information content (AvgIpc) is 3.74. The molecule has 4 aliphatic rings. The van der Waals surface area contributed by atoms with Crippen LogP contribution < -0.4 is 5.32 Å². The molecule has 1 aromatic carbocycles. The van der Waals surface area contributed by atoms with E-state index in [4.69, 9.17) is 19.3 Å². The number of amides is 3. The molecule has 2 aromatic rings. The lowest BCUT2D eigenvalue weighted by Crippen LogP contribution is -2.54. The van der Waals surface area contributed by atoms with E-state index in [1.54, 1.807) is 19.2 Å². The minimum Gasteiger partial charge on any atom is -0.378 e. The minimum absolute atomic E-state index is 0.193. The number of nitrogens with one attached hydrogen (secondary N) is 1. The number of benzene rings is 1. The second-order valence-corrected chi connectivity index (χ2v) is 14.3. The molecule has 3 amide bonds. The molecule has 11 nitrogen and oxygen atoms in total. The Labute approximate surface area is 289 Å². The first-order valence-corrected chi connectivity index (χ1v) is 18.9. The number of carbonyl (C=O) groups is 4. The van der Waals surface area contributed by atoms with E-state index in [9.17, 15) is 18.8 Å². The number of nitrogens with zero attached hydrogens (tertiary/aromatic N) is 3. The molecular weight excluding hydrogens is 658 g/mol. The van der Waals surface area contributed by atoms with E-state index < -0.39 is 14.3 Å². The molecule has 0 saturated carbocycles. The largest absolute Gasteiger partial charge is 0.378 e. The van der Waals surface area contributed by atoms with Crippen LogP contribution in [0.5, 0.6) is 0 Å².